The number of carboxylic acid groups (broad SMARTS) is 1. The lowest BCUT2D eigenvalue weighted by Gasteiger charge is -2.20. The average molecular weight is 728 g/mol. The molecule has 3 N–H and O–H groups in total. The van der Waals surface area contributed by atoms with Gasteiger partial charge in [-0.25, -0.2) is 9.78 Å². The Morgan fingerprint density at radius 1 is 0.843 bits per heavy atom. The van der Waals surface area contributed by atoms with Crippen molar-refractivity contribution in [1.29, 1.82) is 0 Å². The Morgan fingerprint density at radius 2 is 1.53 bits per heavy atom. The summed E-state index contributed by atoms with van der Waals surface area (Å²) in [6.07, 6.45) is 5.09. The number of carbonyl (C=O) groups is 3. The number of nitrogens with one attached hydrogen (secondary N) is 2. The van der Waals surface area contributed by atoms with Crippen molar-refractivity contribution >= 4 is 41.0 Å². The molecule has 0 saturated carbocycles. The van der Waals surface area contributed by atoms with E-state index in [-0.39, 0.29) is 30.2 Å². The lowest BCUT2D eigenvalue weighted by Crippen LogP contribution is -2.32. The third-order valence-corrected chi connectivity index (χ3v) is 8.80. The Kier molecular flexibility index (Phi) is 13.3. The lowest BCUT2D eigenvalue weighted by atomic mass is 10.0. The number of benzene rings is 4. The Balaban J connectivity index is 1.32. The quantitative estimate of drug-likeness (QED) is 0.0879. The van der Waals surface area contributed by atoms with Gasteiger partial charge in [-0.15, -0.1) is 0 Å². The molecule has 264 valence electrons. The van der Waals surface area contributed by atoms with Gasteiger partial charge < -0.3 is 25.0 Å². The van der Waals surface area contributed by atoms with Gasteiger partial charge in [-0.05, 0) is 85.0 Å². The molecule has 0 aliphatic carbocycles. The highest BCUT2D eigenvalue weighted by molar-refractivity contribution is 6.36. The normalized spacial score (nSPS) is 11.5. The summed E-state index contributed by atoms with van der Waals surface area (Å²) in [5, 5.41) is 16.3. The molecule has 0 unspecified atom stereocenters. The van der Waals surface area contributed by atoms with Gasteiger partial charge in [0.25, 0.3) is 0 Å². The van der Waals surface area contributed by atoms with E-state index in [4.69, 9.17) is 38.0 Å². The molecule has 5 aromatic rings. The van der Waals surface area contributed by atoms with Crippen LogP contribution in [-0.2, 0) is 29.1 Å². The number of ether oxygens (including phenoxy) is 1. The van der Waals surface area contributed by atoms with Crippen LogP contribution >= 0.6 is 23.2 Å². The van der Waals surface area contributed by atoms with E-state index < -0.39 is 12.0 Å². The van der Waals surface area contributed by atoms with Crippen molar-refractivity contribution in [3.05, 3.63) is 136 Å². The summed E-state index contributed by atoms with van der Waals surface area (Å²) >= 11 is 12.8. The molecule has 1 atom stereocenters. The molecule has 5 rings (SSSR count). The largest absolute Gasteiger partial charge is 0.478 e. The highest BCUT2D eigenvalue weighted by Gasteiger charge is 2.23. The Labute approximate surface area is 307 Å². The number of carbonyl (C=O) groups excluding carboxylic acids is 2. The van der Waals surface area contributed by atoms with Crippen molar-refractivity contribution in [3.8, 4) is 22.8 Å². The molecule has 11 heteroatoms. The topological polar surface area (TPSA) is 123 Å². The maximum atomic E-state index is 13.4. The first-order valence-electron chi connectivity index (χ1n) is 16.9. The summed E-state index contributed by atoms with van der Waals surface area (Å²) in [6.45, 7) is 3.26. The van der Waals surface area contributed by atoms with Crippen LogP contribution in [0.15, 0.2) is 103 Å². The number of nitrogens with zero attached hydrogens (tertiary/aromatic N) is 2. The smallest absolute Gasteiger partial charge is 0.335 e. The monoisotopic (exact) mass is 726 g/mol. The van der Waals surface area contributed by atoms with Crippen LogP contribution in [0.25, 0.3) is 11.3 Å². The molecule has 0 saturated heterocycles. The fourth-order valence-electron chi connectivity index (χ4n) is 5.54. The van der Waals surface area contributed by atoms with Gasteiger partial charge in [0.05, 0.1) is 22.3 Å². The first kappa shape index (κ1) is 37.1. The fourth-order valence-corrected chi connectivity index (χ4v) is 6.05. The Hall–Kier alpha value is -5.12. The number of aromatic carboxylic acids is 1. The molecule has 51 heavy (non-hydrogen) atoms. The number of rotatable bonds is 17. The molecule has 1 heterocycles. The van der Waals surface area contributed by atoms with Crippen molar-refractivity contribution in [2.75, 3.05) is 0 Å². The predicted octanol–water partition coefficient (Wildman–Crippen LogP) is 9.03. The van der Waals surface area contributed by atoms with Crippen molar-refractivity contribution < 1.29 is 24.2 Å². The molecule has 0 bridgehead atoms. The van der Waals surface area contributed by atoms with Crippen molar-refractivity contribution in [3.63, 3.8) is 0 Å². The molecule has 0 aliphatic rings. The van der Waals surface area contributed by atoms with Gasteiger partial charge in [-0.2, -0.15) is 0 Å². The van der Waals surface area contributed by atoms with E-state index >= 15 is 0 Å². The number of carboxylic acids is 1. The van der Waals surface area contributed by atoms with Gasteiger partial charge in [-0.1, -0.05) is 79.0 Å². The molecule has 0 radical (unpaired) electrons. The van der Waals surface area contributed by atoms with Crippen molar-refractivity contribution in [2.24, 2.45) is 0 Å². The summed E-state index contributed by atoms with van der Waals surface area (Å²) in [6, 6.07) is 28.2. The molecule has 1 aromatic heterocycles. The zero-order valence-corrected chi connectivity index (χ0v) is 29.8. The minimum absolute atomic E-state index is 0.108. The molecule has 0 spiro atoms. The average Bonchev–Trinajstić information content (AvgIpc) is 3.54. The number of amides is 2. The summed E-state index contributed by atoms with van der Waals surface area (Å²) in [5.41, 5.74) is 3.54. The van der Waals surface area contributed by atoms with Gasteiger partial charge in [0.1, 0.15) is 17.3 Å². The van der Waals surface area contributed by atoms with Crippen LogP contribution in [0.3, 0.4) is 0 Å². The van der Waals surface area contributed by atoms with Crippen LogP contribution in [0.5, 0.6) is 11.5 Å². The lowest BCUT2D eigenvalue weighted by molar-refractivity contribution is -0.123. The maximum absolute atomic E-state index is 13.4. The van der Waals surface area contributed by atoms with E-state index in [1.807, 2.05) is 66.9 Å². The van der Waals surface area contributed by atoms with E-state index in [2.05, 4.69) is 22.1 Å². The highest BCUT2D eigenvalue weighted by Crippen LogP contribution is 2.32. The summed E-state index contributed by atoms with van der Waals surface area (Å²) < 4.78 is 8.00. The first-order chi connectivity index (χ1) is 24.7. The first-order valence-corrected chi connectivity index (χ1v) is 17.7. The fraction of sp³-hybridized carbons (Fsp3) is 0.250. The SMILES string of the molecule is CCCCn1cc(-c2ccc(Cl)cc2Cl)nc1[C@H](Cc1ccc(Oc2ccc(C(=O)O)cc2)cc1)NC(=O)CCCC(=O)NCc1ccccc1. The number of aryl methyl sites for hydroxylation is 1. The van der Waals surface area contributed by atoms with Gasteiger partial charge in [0.15, 0.2) is 0 Å². The summed E-state index contributed by atoms with van der Waals surface area (Å²) in [5.74, 6) is 0.488. The molecular weight excluding hydrogens is 687 g/mol. The van der Waals surface area contributed by atoms with Crippen LogP contribution in [0.4, 0.5) is 0 Å². The summed E-state index contributed by atoms with van der Waals surface area (Å²) in [7, 11) is 0. The second kappa shape index (κ2) is 18.2. The van der Waals surface area contributed by atoms with E-state index in [0.29, 0.717) is 59.0 Å². The summed E-state index contributed by atoms with van der Waals surface area (Å²) in [4.78, 5) is 42.1. The maximum Gasteiger partial charge on any atom is 0.335 e. The van der Waals surface area contributed by atoms with Crippen molar-refractivity contribution in [1.82, 2.24) is 20.2 Å². The molecule has 4 aromatic carbocycles. The zero-order chi connectivity index (χ0) is 36.2. The van der Waals surface area contributed by atoms with E-state index in [1.54, 1.807) is 24.3 Å². The standard InChI is InChI=1S/C40H40Cl2N4O5/c1-2-3-22-46-26-36(33-21-16-30(41)24-34(33)42)45-39(46)35(44-38(48)11-7-10-37(47)43-25-28-8-5-4-6-9-28)23-27-12-17-31(18-13-27)51-32-19-14-29(15-20-32)40(49)50/h4-6,8-9,12-21,24,26,35H,2-3,7,10-11,22-23,25H2,1H3,(H,43,47)(H,44,48)(H,49,50)/t35-/m0/s1. The van der Waals surface area contributed by atoms with Crippen LogP contribution in [-0.4, -0.2) is 32.4 Å². The van der Waals surface area contributed by atoms with Gasteiger partial charge in [0, 0.05) is 42.7 Å². The Bertz CT molecular complexity index is 1930. The van der Waals surface area contributed by atoms with Crippen LogP contribution in [0.2, 0.25) is 10.0 Å². The molecule has 0 fully saturated rings. The van der Waals surface area contributed by atoms with E-state index in [0.717, 1.165) is 29.5 Å². The van der Waals surface area contributed by atoms with Crippen molar-refractivity contribution in [2.45, 2.75) is 64.6 Å². The highest BCUT2D eigenvalue weighted by atomic mass is 35.5. The minimum Gasteiger partial charge on any atom is -0.478 e. The zero-order valence-electron chi connectivity index (χ0n) is 28.3. The molecule has 2 amide bonds. The molecule has 9 nitrogen and oxygen atoms in total. The van der Waals surface area contributed by atoms with Gasteiger partial charge >= 0.3 is 5.97 Å². The predicted molar refractivity (Wildman–Crippen MR) is 199 cm³/mol. The number of imidazole rings is 1. The number of aromatic nitrogens is 2. The number of unbranched alkanes of at least 4 members (excludes halogenated alkanes) is 1. The minimum atomic E-state index is -1.00. The van der Waals surface area contributed by atoms with Gasteiger partial charge in [0.2, 0.25) is 11.8 Å². The number of hydrogen-bond acceptors (Lipinski definition) is 5. The Morgan fingerprint density at radius 3 is 2.20 bits per heavy atom. The number of halogens is 2. The van der Waals surface area contributed by atoms with Crippen LogP contribution in [0.1, 0.15) is 72.4 Å². The second-order valence-corrected chi connectivity index (χ2v) is 13.0. The molecule has 0 aliphatic heterocycles. The third-order valence-electron chi connectivity index (χ3n) is 8.25. The van der Waals surface area contributed by atoms with Gasteiger partial charge in [-0.3, -0.25) is 9.59 Å². The number of hydrogen-bond donors (Lipinski definition) is 3. The second-order valence-electron chi connectivity index (χ2n) is 12.2. The van der Waals surface area contributed by atoms with E-state index in [9.17, 15) is 14.4 Å². The van der Waals surface area contributed by atoms with Crippen LogP contribution < -0.4 is 15.4 Å². The third kappa shape index (κ3) is 10.9. The molecular formula is C40H40Cl2N4O5. The van der Waals surface area contributed by atoms with E-state index in [1.165, 1.54) is 12.1 Å². The van der Waals surface area contributed by atoms with Crippen LogP contribution in [0, 0.1) is 0 Å².